The van der Waals surface area contributed by atoms with E-state index in [0.29, 0.717) is 18.5 Å². The first kappa shape index (κ1) is 19.3. The van der Waals surface area contributed by atoms with Gasteiger partial charge in [-0.15, -0.1) is 0 Å². The Kier molecular flexibility index (Phi) is 6.61. The maximum absolute atomic E-state index is 11.6. The molecule has 26 heavy (non-hydrogen) atoms. The third-order valence-corrected chi connectivity index (χ3v) is 6.84. The van der Waals surface area contributed by atoms with Crippen molar-refractivity contribution in [2.24, 2.45) is 5.92 Å². The number of hydrogen-bond acceptors (Lipinski definition) is 6. The summed E-state index contributed by atoms with van der Waals surface area (Å²) in [5.74, 6) is 1.35. The van der Waals surface area contributed by atoms with Crippen LogP contribution in [0.1, 0.15) is 44.9 Å². The number of nitrogens with zero attached hydrogens (tertiary/aromatic N) is 2. The lowest BCUT2D eigenvalue weighted by molar-refractivity contribution is 0.337. The molecule has 0 aliphatic heterocycles. The third-order valence-electron chi connectivity index (χ3n) is 4.83. The Morgan fingerprint density at radius 1 is 1.23 bits per heavy atom. The zero-order chi connectivity index (χ0) is 18.4. The van der Waals surface area contributed by atoms with Gasteiger partial charge in [-0.3, -0.25) is 0 Å². The summed E-state index contributed by atoms with van der Waals surface area (Å²) in [6, 6.07) is 0.384. The van der Waals surface area contributed by atoms with Crippen LogP contribution < -0.4 is 10.0 Å². The van der Waals surface area contributed by atoms with Gasteiger partial charge >= 0.3 is 0 Å². The molecule has 3 rings (SSSR count). The van der Waals surface area contributed by atoms with Crippen molar-refractivity contribution in [1.82, 2.24) is 14.1 Å². The van der Waals surface area contributed by atoms with Crippen molar-refractivity contribution >= 4 is 32.3 Å². The van der Waals surface area contributed by atoms with Crippen molar-refractivity contribution in [3.63, 3.8) is 0 Å². The van der Waals surface area contributed by atoms with E-state index in [1.54, 1.807) is 6.92 Å². The van der Waals surface area contributed by atoms with Crippen molar-refractivity contribution in [2.45, 2.75) is 45.1 Å². The molecule has 1 aromatic rings. The molecule has 1 fully saturated rings. The smallest absolute Gasteiger partial charge is 0.211 e. The molecule has 1 heterocycles. The zero-order valence-corrected chi connectivity index (χ0v) is 16.7. The van der Waals surface area contributed by atoms with E-state index in [0.717, 1.165) is 48.6 Å². The molecule has 2 aliphatic carbocycles. The predicted octanol–water partition coefficient (Wildman–Crippen LogP) is 3.35. The van der Waals surface area contributed by atoms with Gasteiger partial charge in [-0.2, -0.15) is 9.36 Å². The van der Waals surface area contributed by atoms with E-state index >= 15 is 0 Å². The van der Waals surface area contributed by atoms with Gasteiger partial charge in [-0.25, -0.2) is 13.1 Å². The molecule has 1 aromatic heterocycles. The second-order valence-electron chi connectivity index (χ2n) is 6.72. The van der Waals surface area contributed by atoms with Gasteiger partial charge < -0.3 is 5.32 Å². The van der Waals surface area contributed by atoms with E-state index < -0.39 is 10.0 Å². The second kappa shape index (κ2) is 8.92. The van der Waals surface area contributed by atoms with Gasteiger partial charge in [0.05, 0.1) is 5.75 Å². The largest absolute Gasteiger partial charge is 0.358 e. The lowest BCUT2D eigenvalue weighted by Crippen LogP contribution is -2.34. The highest BCUT2D eigenvalue weighted by Crippen LogP contribution is 2.28. The Balaban J connectivity index is 1.47. The van der Waals surface area contributed by atoms with Crippen molar-refractivity contribution in [3.8, 4) is 0 Å². The van der Waals surface area contributed by atoms with E-state index in [2.05, 4.69) is 31.5 Å². The number of sulfonamides is 1. The SMILES string of the molecule is CCS(=O)(=O)NC[C@H]1CC[C@H](Nc2nc(C3=CCC=CC=C3)ns2)CC1. The maximum Gasteiger partial charge on any atom is 0.211 e. The number of rotatable bonds is 7. The summed E-state index contributed by atoms with van der Waals surface area (Å²) in [5, 5.41) is 4.36. The normalized spacial score (nSPS) is 23.5. The molecule has 0 amide bonds. The van der Waals surface area contributed by atoms with Crippen molar-refractivity contribution in [3.05, 3.63) is 36.2 Å². The first-order valence-corrected chi connectivity index (χ1v) is 11.6. The van der Waals surface area contributed by atoms with Crippen molar-refractivity contribution in [1.29, 1.82) is 0 Å². The highest BCUT2D eigenvalue weighted by Gasteiger charge is 2.23. The van der Waals surface area contributed by atoms with E-state index in [4.69, 9.17) is 0 Å². The third kappa shape index (κ3) is 5.49. The minimum absolute atomic E-state index is 0.144. The number of allylic oxidation sites excluding steroid dienone is 6. The summed E-state index contributed by atoms with van der Waals surface area (Å²) in [5.41, 5.74) is 1.06. The van der Waals surface area contributed by atoms with Crippen LogP contribution in [0.3, 0.4) is 0 Å². The summed E-state index contributed by atoms with van der Waals surface area (Å²) in [4.78, 5) is 4.63. The second-order valence-corrected chi connectivity index (χ2v) is 9.57. The number of hydrogen-bond donors (Lipinski definition) is 2. The van der Waals surface area contributed by atoms with Gasteiger partial charge in [0.25, 0.3) is 0 Å². The summed E-state index contributed by atoms with van der Waals surface area (Å²) < 4.78 is 30.3. The summed E-state index contributed by atoms with van der Waals surface area (Å²) >= 11 is 1.40. The summed E-state index contributed by atoms with van der Waals surface area (Å²) in [6.45, 7) is 2.22. The Hall–Kier alpha value is -1.51. The lowest BCUT2D eigenvalue weighted by Gasteiger charge is -2.28. The van der Waals surface area contributed by atoms with Crippen LogP contribution in [0.2, 0.25) is 0 Å². The first-order valence-electron chi connectivity index (χ1n) is 9.17. The van der Waals surface area contributed by atoms with Gasteiger partial charge in [0.1, 0.15) is 0 Å². The highest BCUT2D eigenvalue weighted by molar-refractivity contribution is 7.89. The fraction of sp³-hybridized carbons (Fsp3) is 0.556. The Labute approximate surface area is 159 Å². The topological polar surface area (TPSA) is 84.0 Å². The molecule has 0 unspecified atom stereocenters. The van der Waals surface area contributed by atoms with Gasteiger partial charge in [0.2, 0.25) is 15.2 Å². The molecule has 2 aliphatic rings. The standard InChI is InChI=1S/C18H26N4O2S2/c1-2-26(23,24)19-13-14-9-11-16(12-10-14)20-18-21-17(22-25-18)15-7-5-3-4-6-8-15/h3-5,7-8,14,16,19H,2,6,9-13H2,1H3,(H,20,21,22)/t14-,16-. The van der Waals surface area contributed by atoms with Gasteiger partial charge in [0, 0.05) is 29.7 Å². The van der Waals surface area contributed by atoms with Crippen LogP contribution in [0, 0.1) is 5.92 Å². The molecular weight excluding hydrogens is 368 g/mol. The van der Waals surface area contributed by atoms with Crippen LogP contribution in [0.4, 0.5) is 5.13 Å². The van der Waals surface area contributed by atoms with Crippen molar-refractivity contribution in [2.75, 3.05) is 17.6 Å². The van der Waals surface area contributed by atoms with Crippen molar-refractivity contribution < 1.29 is 8.42 Å². The first-order chi connectivity index (χ1) is 12.6. The molecule has 1 saturated carbocycles. The van der Waals surface area contributed by atoms with Crippen LogP contribution in [0.25, 0.3) is 5.57 Å². The van der Waals surface area contributed by atoms with Crippen LogP contribution in [-0.4, -0.2) is 36.1 Å². The molecule has 0 saturated heterocycles. The zero-order valence-electron chi connectivity index (χ0n) is 15.0. The fourth-order valence-electron chi connectivity index (χ4n) is 3.18. The Morgan fingerprint density at radius 2 is 2.04 bits per heavy atom. The highest BCUT2D eigenvalue weighted by atomic mass is 32.2. The summed E-state index contributed by atoms with van der Waals surface area (Å²) in [6.07, 6.45) is 15.3. The quantitative estimate of drug-likeness (QED) is 0.741. The van der Waals surface area contributed by atoms with E-state index in [-0.39, 0.29) is 5.75 Å². The molecule has 2 N–H and O–H groups in total. The van der Waals surface area contributed by atoms with E-state index in [1.807, 2.05) is 18.2 Å². The van der Waals surface area contributed by atoms with E-state index in [1.165, 1.54) is 11.5 Å². The van der Waals surface area contributed by atoms with Gasteiger partial charge in [0.15, 0.2) is 5.82 Å². The molecule has 0 aromatic carbocycles. The Bertz CT molecular complexity index is 788. The van der Waals surface area contributed by atoms with Crippen LogP contribution in [0.15, 0.2) is 30.4 Å². The minimum Gasteiger partial charge on any atom is -0.358 e. The van der Waals surface area contributed by atoms with E-state index in [9.17, 15) is 8.42 Å². The maximum atomic E-state index is 11.6. The lowest BCUT2D eigenvalue weighted by atomic mass is 9.86. The number of aromatic nitrogens is 2. The average molecular weight is 395 g/mol. The van der Waals surface area contributed by atoms with Gasteiger partial charge in [-0.05, 0) is 44.9 Å². The van der Waals surface area contributed by atoms with Crippen LogP contribution >= 0.6 is 11.5 Å². The average Bonchev–Trinajstić information content (AvgIpc) is 2.93. The molecule has 0 bridgehead atoms. The minimum atomic E-state index is -3.09. The number of anilines is 1. The molecular formula is C18H26N4O2S2. The van der Waals surface area contributed by atoms with Gasteiger partial charge in [-0.1, -0.05) is 30.4 Å². The monoisotopic (exact) mass is 394 g/mol. The summed E-state index contributed by atoms with van der Waals surface area (Å²) in [7, 11) is -3.09. The van der Waals surface area contributed by atoms with Crippen LogP contribution in [0.5, 0.6) is 0 Å². The Morgan fingerprint density at radius 3 is 2.81 bits per heavy atom. The molecule has 8 heteroatoms. The number of nitrogens with one attached hydrogen (secondary N) is 2. The molecule has 6 nitrogen and oxygen atoms in total. The molecule has 142 valence electrons. The van der Waals surface area contributed by atoms with Crippen LogP contribution in [-0.2, 0) is 10.0 Å². The molecule has 0 radical (unpaired) electrons. The molecule has 0 spiro atoms. The fourth-order valence-corrected chi connectivity index (χ4v) is 4.54. The molecule has 0 atom stereocenters. The predicted molar refractivity (Wildman–Crippen MR) is 108 cm³/mol.